The maximum Gasteiger partial charge on any atom is 0.265 e. The number of carbonyl (C=O) groups excluding carboxylic acids is 2. The van der Waals surface area contributed by atoms with Gasteiger partial charge in [0.25, 0.3) is 11.8 Å². The molecule has 0 saturated heterocycles. The highest BCUT2D eigenvalue weighted by Crippen LogP contribution is 2.20. The highest BCUT2D eigenvalue weighted by molar-refractivity contribution is 6.04. The Morgan fingerprint density at radius 2 is 1.60 bits per heavy atom. The molecule has 154 valence electrons. The average molecular weight is 403 g/mol. The maximum atomic E-state index is 12.5. The molecule has 0 aliphatic carbocycles. The third-order valence-corrected chi connectivity index (χ3v) is 4.54. The molecule has 0 bridgehead atoms. The fourth-order valence-electron chi connectivity index (χ4n) is 2.81. The van der Waals surface area contributed by atoms with Gasteiger partial charge < -0.3 is 15.4 Å². The predicted molar refractivity (Wildman–Crippen MR) is 118 cm³/mol. The van der Waals surface area contributed by atoms with E-state index < -0.39 is 6.10 Å². The molecule has 0 aliphatic rings. The summed E-state index contributed by atoms with van der Waals surface area (Å²) in [5.74, 6) is 0.525. The topological polar surface area (TPSA) is 80.3 Å². The third-order valence-electron chi connectivity index (χ3n) is 4.54. The Morgan fingerprint density at radius 1 is 0.900 bits per heavy atom. The summed E-state index contributed by atoms with van der Waals surface area (Å²) in [7, 11) is 0. The molecule has 1 aromatic heterocycles. The monoisotopic (exact) mass is 403 g/mol. The molecular formula is C24H25N3O3. The van der Waals surface area contributed by atoms with Crippen molar-refractivity contribution >= 4 is 23.2 Å². The summed E-state index contributed by atoms with van der Waals surface area (Å²) in [5, 5.41) is 5.61. The van der Waals surface area contributed by atoms with Crippen molar-refractivity contribution in [1.29, 1.82) is 0 Å². The molecule has 0 aliphatic heterocycles. The number of hydrogen-bond acceptors (Lipinski definition) is 4. The molecule has 2 amide bonds. The first-order valence-corrected chi connectivity index (χ1v) is 9.81. The first-order chi connectivity index (χ1) is 14.4. The van der Waals surface area contributed by atoms with Gasteiger partial charge in [0.15, 0.2) is 6.10 Å². The van der Waals surface area contributed by atoms with Crippen molar-refractivity contribution in [2.24, 2.45) is 0 Å². The second kappa shape index (κ2) is 9.69. The van der Waals surface area contributed by atoms with E-state index in [1.807, 2.05) is 24.3 Å². The van der Waals surface area contributed by atoms with E-state index in [0.717, 1.165) is 0 Å². The molecule has 2 N–H and O–H groups in total. The molecule has 30 heavy (non-hydrogen) atoms. The Hall–Kier alpha value is -3.67. The number of amides is 2. The van der Waals surface area contributed by atoms with E-state index in [9.17, 15) is 9.59 Å². The molecule has 3 aromatic rings. The number of nitrogens with one attached hydrogen (secondary N) is 2. The molecule has 3 rings (SSSR count). The lowest BCUT2D eigenvalue weighted by Crippen LogP contribution is -2.30. The van der Waals surface area contributed by atoms with Crippen LogP contribution >= 0.6 is 0 Å². The zero-order valence-corrected chi connectivity index (χ0v) is 17.3. The third kappa shape index (κ3) is 5.67. The Balaban J connectivity index is 1.59. The van der Waals surface area contributed by atoms with Crippen LogP contribution in [0.2, 0.25) is 0 Å². The fourth-order valence-corrected chi connectivity index (χ4v) is 2.81. The van der Waals surface area contributed by atoms with Crippen molar-refractivity contribution in [3.8, 4) is 5.75 Å². The van der Waals surface area contributed by atoms with E-state index >= 15 is 0 Å². The fraction of sp³-hybridized carbons (Fsp3) is 0.208. The summed E-state index contributed by atoms with van der Waals surface area (Å²) in [5.41, 5.74) is 2.80. The predicted octanol–water partition coefficient (Wildman–Crippen LogP) is 4.86. The van der Waals surface area contributed by atoms with Gasteiger partial charge in [0.2, 0.25) is 0 Å². The number of ether oxygens (including phenoxy) is 1. The highest BCUT2D eigenvalue weighted by atomic mass is 16.5. The molecule has 1 heterocycles. The molecule has 6 heteroatoms. The number of benzene rings is 2. The minimum atomic E-state index is -0.677. The van der Waals surface area contributed by atoms with E-state index in [1.165, 1.54) is 11.8 Å². The maximum absolute atomic E-state index is 12.5. The van der Waals surface area contributed by atoms with E-state index in [0.29, 0.717) is 28.6 Å². The van der Waals surface area contributed by atoms with Crippen LogP contribution < -0.4 is 15.4 Å². The van der Waals surface area contributed by atoms with Crippen LogP contribution in [-0.4, -0.2) is 22.9 Å². The second-order valence-electron chi connectivity index (χ2n) is 7.25. The van der Waals surface area contributed by atoms with E-state index in [4.69, 9.17) is 4.74 Å². The van der Waals surface area contributed by atoms with Crippen LogP contribution in [0, 0.1) is 0 Å². The van der Waals surface area contributed by atoms with Gasteiger partial charge in [-0.2, -0.15) is 0 Å². The largest absolute Gasteiger partial charge is 0.481 e. The van der Waals surface area contributed by atoms with Crippen molar-refractivity contribution in [2.75, 3.05) is 10.6 Å². The number of aromatic nitrogens is 1. The van der Waals surface area contributed by atoms with Gasteiger partial charge in [-0.05, 0) is 60.9 Å². The lowest BCUT2D eigenvalue weighted by molar-refractivity contribution is -0.122. The van der Waals surface area contributed by atoms with Crippen LogP contribution in [0.1, 0.15) is 42.6 Å². The van der Waals surface area contributed by atoms with Crippen molar-refractivity contribution in [2.45, 2.75) is 32.8 Å². The molecule has 1 atom stereocenters. The van der Waals surface area contributed by atoms with E-state index in [-0.39, 0.29) is 11.8 Å². The summed E-state index contributed by atoms with van der Waals surface area (Å²) in [6, 6.07) is 18.1. The average Bonchev–Trinajstić information content (AvgIpc) is 2.75. The van der Waals surface area contributed by atoms with Gasteiger partial charge in [-0.25, -0.2) is 0 Å². The summed E-state index contributed by atoms with van der Waals surface area (Å²) in [4.78, 5) is 28.7. The van der Waals surface area contributed by atoms with Crippen molar-refractivity contribution in [1.82, 2.24) is 4.98 Å². The lowest BCUT2D eigenvalue weighted by atomic mass is 10.0. The van der Waals surface area contributed by atoms with Crippen LogP contribution in [0.5, 0.6) is 5.75 Å². The normalized spacial score (nSPS) is 11.6. The number of anilines is 2. The Kier molecular flexibility index (Phi) is 6.80. The van der Waals surface area contributed by atoms with Gasteiger partial charge in [-0.3, -0.25) is 14.6 Å². The molecule has 1 unspecified atom stereocenters. The summed E-state index contributed by atoms with van der Waals surface area (Å²) >= 11 is 0. The zero-order chi connectivity index (χ0) is 21.5. The number of hydrogen-bond donors (Lipinski definition) is 2. The molecule has 0 fully saturated rings. The van der Waals surface area contributed by atoms with Gasteiger partial charge in [-0.15, -0.1) is 0 Å². The molecule has 0 saturated carbocycles. The van der Waals surface area contributed by atoms with Gasteiger partial charge in [0.1, 0.15) is 5.75 Å². The van der Waals surface area contributed by atoms with Crippen LogP contribution in [0.25, 0.3) is 0 Å². The Labute approximate surface area is 176 Å². The SMILES string of the molecule is CC(Oc1ccc(C(C)C)cc1)C(=O)Nc1cccc(NC(=O)c2cccnc2)c1. The zero-order valence-electron chi connectivity index (χ0n) is 17.3. The van der Waals surface area contributed by atoms with Crippen LogP contribution in [0.4, 0.5) is 11.4 Å². The first-order valence-electron chi connectivity index (χ1n) is 9.81. The molecule has 2 aromatic carbocycles. The summed E-state index contributed by atoms with van der Waals surface area (Å²) in [6.45, 7) is 5.94. The second-order valence-corrected chi connectivity index (χ2v) is 7.25. The van der Waals surface area contributed by atoms with Gasteiger partial charge >= 0.3 is 0 Å². The highest BCUT2D eigenvalue weighted by Gasteiger charge is 2.15. The lowest BCUT2D eigenvalue weighted by Gasteiger charge is -2.16. The summed E-state index contributed by atoms with van der Waals surface area (Å²) < 4.78 is 5.75. The molecular weight excluding hydrogens is 378 g/mol. The smallest absolute Gasteiger partial charge is 0.265 e. The number of carbonyl (C=O) groups is 2. The van der Waals surface area contributed by atoms with Crippen molar-refractivity contribution in [3.05, 3.63) is 84.2 Å². The van der Waals surface area contributed by atoms with Crippen LogP contribution in [0.15, 0.2) is 73.1 Å². The van der Waals surface area contributed by atoms with E-state index in [2.05, 4.69) is 29.5 Å². The Morgan fingerprint density at radius 3 is 2.23 bits per heavy atom. The number of pyridine rings is 1. The first kappa shape index (κ1) is 21.0. The minimum Gasteiger partial charge on any atom is -0.481 e. The standard InChI is InChI=1S/C24H25N3O3/c1-16(2)18-9-11-22(12-10-18)30-17(3)23(28)26-20-7-4-8-21(14-20)27-24(29)19-6-5-13-25-15-19/h4-17H,1-3H3,(H,26,28)(H,27,29). The van der Waals surface area contributed by atoms with Crippen LogP contribution in [0.3, 0.4) is 0 Å². The minimum absolute atomic E-state index is 0.270. The molecule has 0 radical (unpaired) electrons. The van der Waals surface area contributed by atoms with E-state index in [1.54, 1.807) is 49.5 Å². The molecule has 0 spiro atoms. The summed E-state index contributed by atoms with van der Waals surface area (Å²) in [6.07, 6.45) is 2.42. The quantitative estimate of drug-likeness (QED) is 0.590. The van der Waals surface area contributed by atoms with Gasteiger partial charge in [0, 0.05) is 23.8 Å². The number of rotatable bonds is 7. The van der Waals surface area contributed by atoms with Gasteiger partial charge in [-0.1, -0.05) is 32.0 Å². The number of nitrogens with zero attached hydrogens (tertiary/aromatic N) is 1. The Bertz CT molecular complexity index is 1000. The van der Waals surface area contributed by atoms with Gasteiger partial charge in [0.05, 0.1) is 5.56 Å². The molecule has 6 nitrogen and oxygen atoms in total. The van der Waals surface area contributed by atoms with Crippen LogP contribution in [-0.2, 0) is 4.79 Å². The van der Waals surface area contributed by atoms with Crippen molar-refractivity contribution < 1.29 is 14.3 Å². The van der Waals surface area contributed by atoms with Crippen molar-refractivity contribution in [3.63, 3.8) is 0 Å².